The SMILES string of the molecule is CC1(C)CN(c2c([N+](=O)[O-])ccc(F)c2F)CCN1. The van der Waals surface area contributed by atoms with Gasteiger partial charge in [-0.2, -0.15) is 0 Å². The highest BCUT2D eigenvalue weighted by Crippen LogP contribution is 2.34. The van der Waals surface area contributed by atoms with Crippen molar-refractivity contribution >= 4 is 11.4 Å². The van der Waals surface area contributed by atoms with Crippen molar-refractivity contribution in [3.63, 3.8) is 0 Å². The van der Waals surface area contributed by atoms with E-state index in [-0.39, 0.29) is 11.2 Å². The third-order valence-corrected chi connectivity index (χ3v) is 3.13. The van der Waals surface area contributed by atoms with E-state index in [1.807, 2.05) is 13.8 Å². The third kappa shape index (κ3) is 2.65. The zero-order valence-corrected chi connectivity index (χ0v) is 10.7. The van der Waals surface area contributed by atoms with Gasteiger partial charge in [-0.3, -0.25) is 10.1 Å². The molecule has 0 unspecified atom stereocenters. The van der Waals surface area contributed by atoms with Gasteiger partial charge in [-0.1, -0.05) is 0 Å². The molecule has 1 aromatic rings. The van der Waals surface area contributed by atoms with Crippen molar-refractivity contribution in [3.8, 4) is 0 Å². The van der Waals surface area contributed by atoms with E-state index in [4.69, 9.17) is 0 Å². The van der Waals surface area contributed by atoms with E-state index in [1.54, 1.807) is 0 Å². The van der Waals surface area contributed by atoms with Gasteiger partial charge in [0.2, 0.25) is 0 Å². The van der Waals surface area contributed by atoms with Crippen LogP contribution >= 0.6 is 0 Å². The summed E-state index contributed by atoms with van der Waals surface area (Å²) in [7, 11) is 0. The Kier molecular flexibility index (Phi) is 3.40. The summed E-state index contributed by atoms with van der Waals surface area (Å²) in [6.07, 6.45) is 0. The second-order valence-electron chi connectivity index (χ2n) is 5.22. The van der Waals surface area contributed by atoms with Gasteiger partial charge in [0.15, 0.2) is 17.3 Å². The van der Waals surface area contributed by atoms with Crippen molar-refractivity contribution < 1.29 is 13.7 Å². The van der Waals surface area contributed by atoms with Gasteiger partial charge >= 0.3 is 0 Å². The summed E-state index contributed by atoms with van der Waals surface area (Å²) >= 11 is 0. The van der Waals surface area contributed by atoms with Gasteiger partial charge in [0, 0.05) is 31.2 Å². The van der Waals surface area contributed by atoms with E-state index in [1.165, 1.54) is 4.90 Å². The Morgan fingerprint density at radius 3 is 2.68 bits per heavy atom. The first-order chi connectivity index (χ1) is 8.82. The fourth-order valence-corrected chi connectivity index (χ4v) is 2.31. The number of nitrogens with zero attached hydrogens (tertiary/aromatic N) is 2. The molecular formula is C12H15F2N3O2. The molecule has 0 saturated carbocycles. The topological polar surface area (TPSA) is 58.4 Å². The van der Waals surface area contributed by atoms with Gasteiger partial charge in [-0.15, -0.1) is 0 Å². The van der Waals surface area contributed by atoms with Crippen LogP contribution in [0.3, 0.4) is 0 Å². The average Bonchev–Trinajstić information content (AvgIpc) is 2.30. The lowest BCUT2D eigenvalue weighted by atomic mass is 10.0. The molecule has 19 heavy (non-hydrogen) atoms. The maximum atomic E-state index is 13.9. The minimum atomic E-state index is -1.16. The molecule has 0 radical (unpaired) electrons. The average molecular weight is 271 g/mol. The van der Waals surface area contributed by atoms with Gasteiger partial charge in [0.05, 0.1) is 4.92 Å². The van der Waals surface area contributed by atoms with Crippen molar-refractivity contribution in [1.82, 2.24) is 5.32 Å². The summed E-state index contributed by atoms with van der Waals surface area (Å²) in [6.45, 7) is 5.13. The van der Waals surface area contributed by atoms with E-state index < -0.39 is 22.2 Å². The second-order valence-corrected chi connectivity index (χ2v) is 5.22. The van der Waals surface area contributed by atoms with Crippen molar-refractivity contribution in [2.45, 2.75) is 19.4 Å². The fraction of sp³-hybridized carbons (Fsp3) is 0.500. The van der Waals surface area contributed by atoms with Crippen LogP contribution in [0.5, 0.6) is 0 Å². The van der Waals surface area contributed by atoms with Crippen LogP contribution in [0.25, 0.3) is 0 Å². The Labute approximate surface area is 109 Å². The Morgan fingerprint density at radius 1 is 1.42 bits per heavy atom. The molecule has 0 amide bonds. The van der Waals surface area contributed by atoms with Crippen molar-refractivity contribution in [2.24, 2.45) is 0 Å². The Balaban J connectivity index is 2.48. The van der Waals surface area contributed by atoms with Gasteiger partial charge in [-0.25, -0.2) is 8.78 Å². The maximum absolute atomic E-state index is 13.9. The molecule has 1 aliphatic rings. The van der Waals surface area contributed by atoms with Crippen LogP contribution in [0.15, 0.2) is 12.1 Å². The van der Waals surface area contributed by atoms with E-state index in [9.17, 15) is 18.9 Å². The first-order valence-corrected chi connectivity index (χ1v) is 5.94. The zero-order chi connectivity index (χ0) is 14.2. The van der Waals surface area contributed by atoms with Gasteiger partial charge < -0.3 is 10.2 Å². The van der Waals surface area contributed by atoms with Crippen molar-refractivity contribution in [2.75, 3.05) is 24.5 Å². The lowest BCUT2D eigenvalue weighted by Crippen LogP contribution is -2.57. The molecule has 1 fully saturated rings. The van der Waals surface area contributed by atoms with Crippen molar-refractivity contribution in [3.05, 3.63) is 33.9 Å². The minimum Gasteiger partial charge on any atom is -0.360 e. The number of piperazine rings is 1. The van der Waals surface area contributed by atoms with Crippen LogP contribution in [-0.4, -0.2) is 30.1 Å². The first-order valence-electron chi connectivity index (χ1n) is 5.94. The number of halogens is 2. The summed E-state index contributed by atoms with van der Waals surface area (Å²) in [4.78, 5) is 11.8. The largest absolute Gasteiger partial charge is 0.360 e. The van der Waals surface area contributed by atoms with Crippen LogP contribution in [0, 0.1) is 21.7 Å². The van der Waals surface area contributed by atoms with E-state index >= 15 is 0 Å². The molecule has 0 bridgehead atoms. The van der Waals surface area contributed by atoms with Crippen LogP contribution in [-0.2, 0) is 0 Å². The molecule has 1 aromatic carbocycles. The molecule has 1 aliphatic heterocycles. The molecule has 0 aromatic heterocycles. The summed E-state index contributed by atoms with van der Waals surface area (Å²) < 4.78 is 27.2. The second kappa shape index (κ2) is 4.73. The molecule has 0 spiro atoms. The molecule has 2 rings (SSSR count). The van der Waals surface area contributed by atoms with Gasteiger partial charge in [0.25, 0.3) is 5.69 Å². The summed E-state index contributed by atoms with van der Waals surface area (Å²) in [5.74, 6) is -2.23. The summed E-state index contributed by atoms with van der Waals surface area (Å²) in [6, 6.07) is 1.78. The molecule has 1 N–H and O–H groups in total. The van der Waals surface area contributed by atoms with E-state index in [2.05, 4.69) is 5.32 Å². The summed E-state index contributed by atoms with van der Waals surface area (Å²) in [5, 5.41) is 14.2. The Bertz CT molecular complexity index is 520. The number of hydrogen-bond donors (Lipinski definition) is 1. The predicted molar refractivity (Wildman–Crippen MR) is 67.3 cm³/mol. The number of nitro groups is 1. The first kappa shape index (κ1) is 13.7. The molecule has 7 heteroatoms. The number of hydrogen-bond acceptors (Lipinski definition) is 4. The van der Waals surface area contributed by atoms with E-state index in [0.29, 0.717) is 19.6 Å². The quantitative estimate of drug-likeness (QED) is 0.660. The summed E-state index contributed by atoms with van der Waals surface area (Å²) in [5.41, 5.74) is -0.985. The fourth-order valence-electron chi connectivity index (χ4n) is 2.31. The van der Waals surface area contributed by atoms with Crippen LogP contribution in [0.1, 0.15) is 13.8 Å². The number of benzene rings is 1. The lowest BCUT2D eigenvalue weighted by Gasteiger charge is -2.40. The number of nitro benzene ring substituents is 1. The van der Waals surface area contributed by atoms with Gasteiger partial charge in [-0.05, 0) is 19.9 Å². The standard InChI is InChI=1S/C12H15F2N3O2/c1-12(2)7-16(6-5-15-12)11-9(17(18)19)4-3-8(13)10(11)14/h3-4,15H,5-7H2,1-2H3. The normalized spacial score (nSPS) is 18.4. The highest BCUT2D eigenvalue weighted by Gasteiger charge is 2.32. The highest BCUT2D eigenvalue weighted by atomic mass is 19.2. The Hall–Kier alpha value is -1.76. The molecule has 1 heterocycles. The van der Waals surface area contributed by atoms with Gasteiger partial charge in [0.1, 0.15) is 0 Å². The molecule has 1 saturated heterocycles. The number of nitrogens with one attached hydrogen (secondary N) is 1. The third-order valence-electron chi connectivity index (χ3n) is 3.13. The predicted octanol–water partition coefficient (Wildman–Crippen LogP) is 2.06. The lowest BCUT2D eigenvalue weighted by molar-refractivity contribution is -0.384. The minimum absolute atomic E-state index is 0.264. The number of rotatable bonds is 2. The molecule has 104 valence electrons. The molecule has 0 aliphatic carbocycles. The molecular weight excluding hydrogens is 256 g/mol. The van der Waals surface area contributed by atoms with Crippen molar-refractivity contribution in [1.29, 1.82) is 0 Å². The number of anilines is 1. The Morgan fingerprint density at radius 2 is 2.11 bits per heavy atom. The monoisotopic (exact) mass is 271 g/mol. The van der Waals surface area contributed by atoms with Crippen LogP contribution in [0.4, 0.5) is 20.2 Å². The zero-order valence-electron chi connectivity index (χ0n) is 10.7. The smallest absolute Gasteiger partial charge is 0.295 e. The molecule has 0 atom stereocenters. The molecule has 5 nitrogen and oxygen atoms in total. The highest BCUT2D eigenvalue weighted by molar-refractivity contribution is 5.65. The van der Waals surface area contributed by atoms with Crippen LogP contribution in [0.2, 0.25) is 0 Å². The maximum Gasteiger partial charge on any atom is 0.295 e. The van der Waals surface area contributed by atoms with Crippen LogP contribution < -0.4 is 10.2 Å². The van der Waals surface area contributed by atoms with E-state index in [0.717, 1.165) is 12.1 Å².